The number of aromatic nitrogens is 1. The minimum absolute atomic E-state index is 0.0105. The Morgan fingerprint density at radius 3 is 2.55 bits per heavy atom. The highest BCUT2D eigenvalue weighted by molar-refractivity contribution is 7.89. The Morgan fingerprint density at radius 1 is 1.03 bits per heavy atom. The number of hydrogen-bond donors (Lipinski definition) is 1. The summed E-state index contributed by atoms with van der Waals surface area (Å²) in [5.74, 6) is -0.406. The monoisotopic (exact) mass is 559 g/mol. The Labute approximate surface area is 229 Å². The number of nitrogens with one attached hydrogen (secondary N) is 1. The highest BCUT2D eigenvalue weighted by atomic mass is 35.5. The van der Waals surface area contributed by atoms with Gasteiger partial charge in [-0.05, 0) is 75.9 Å². The first-order chi connectivity index (χ1) is 18.3. The van der Waals surface area contributed by atoms with Gasteiger partial charge >= 0.3 is 0 Å². The SMILES string of the molecule is O=C1[C@@H](NS(=O)(=O)c2ccc(-c3cccc(Cl)c3)nc2)CCCN1CC(=O)N1CCC[C@H]1CN1CCCC1. The zero-order valence-electron chi connectivity index (χ0n) is 21.4. The molecule has 0 bridgehead atoms. The number of likely N-dealkylation sites (tertiary alicyclic amines) is 3. The largest absolute Gasteiger partial charge is 0.337 e. The molecular formula is C27H34ClN5O4S. The number of carbonyl (C=O) groups excluding carboxylic acids is 2. The maximum Gasteiger partial charge on any atom is 0.242 e. The molecule has 3 fully saturated rings. The Morgan fingerprint density at radius 2 is 1.82 bits per heavy atom. The van der Waals surface area contributed by atoms with Gasteiger partial charge in [0.1, 0.15) is 10.9 Å². The molecule has 1 aromatic heterocycles. The second kappa shape index (κ2) is 11.7. The lowest BCUT2D eigenvalue weighted by molar-refractivity contribution is -0.143. The summed E-state index contributed by atoms with van der Waals surface area (Å²) in [6.45, 7) is 4.22. The van der Waals surface area contributed by atoms with Gasteiger partial charge in [0.15, 0.2) is 0 Å². The predicted octanol–water partition coefficient (Wildman–Crippen LogP) is 2.76. The predicted molar refractivity (Wildman–Crippen MR) is 145 cm³/mol. The van der Waals surface area contributed by atoms with Crippen molar-refractivity contribution in [1.29, 1.82) is 0 Å². The van der Waals surface area contributed by atoms with Gasteiger partial charge in [-0.1, -0.05) is 23.7 Å². The lowest BCUT2D eigenvalue weighted by Gasteiger charge is -2.34. The molecule has 4 heterocycles. The third-order valence-corrected chi connectivity index (χ3v) is 9.38. The highest BCUT2D eigenvalue weighted by Crippen LogP contribution is 2.24. The topological polar surface area (TPSA) is 103 Å². The fourth-order valence-electron chi connectivity index (χ4n) is 5.69. The Kier molecular flexibility index (Phi) is 8.32. The third-order valence-electron chi connectivity index (χ3n) is 7.69. The smallest absolute Gasteiger partial charge is 0.242 e. The summed E-state index contributed by atoms with van der Waals surface area (Å²) in [5.41, 5.74) is 1.37. The number of carbonyl (C=O) groups is 2. The minimum Gasteiger partial charge on any atom is -0.337 e. The van der Waals surface area contributed by atoms with E-state index < -0.39 is 16.1 Å². The molecule has 0 radical (unpaired) electrons. The van der Waals surface area contributed by atoms with Crippen molar-refractivity contribution in [2.24, 2.45) is 0 Å². The standard InChI is InChI=1S/C27H34ClN5O4S/c28-21-7-3-6-20(16-21)24-11-10-23(17-29-24)38(36,37)30-25-9-5-14-32(27(25)35)19-26(34)33-15-4-8-22(33)18-31-12-1-2-13-31/h3,6-7,10-11,16-17,22,25,30H,1-2,4-5,8-9,12-15,18-19H2/t22-,25-/m0/s1. The first kappa shape index (κ1) is 27.1. The quantitative estimate of drug-likeness (QED) is 0.533. The molecule has 1 aromatic carbocycles. The molecule has 204 valence electrons. The van der Waals surface area contributed by atoms with Crippen LogP contribution in [0.3, 0.4) is 0 Å². The number of nitrogens with zero attached hydrogens (tertiary/aromatic N) is 4. The van der Waals surface area contributed by atoms with E-state index in [1.165, 1.54) is 30.0 Å². The molecule has 9 nitrogen and oxygen atoms in total. The van der Waals surface area contributed by atoms with Gasteiger partial charge in [0.2, 0.25) is 21.8 Å². The summed E-state index contributed by atoms with van der Waals surface area (Å²) in [5, 5.41) is 0.563. The van der Waals surface area contributed by atoms with Crippen LogP contribution in [0.2, 0.25) is 5.02 Å². The van der Waals surface area contributed by atoms with Crippen LogP contribution >= 0.6 is 11.6 Å². The van der Waals surface area contributed by atoms with Gasteiger partial charge in [0.25, 0.3) is 0 Å². The van der Waals surface area contributed by atoms with Gasteiger partial charge < -0.3 is 14.7 Å². The van der Waals surface area contributed by atoms with Crippen LogP contribution < -0.4 is 4.72 Å². The molecule has 0 unspecified atom stereocenters. The van der Waals surface area contributed by atoms with Crippen LogP contribution in [0.5, 0.6) is 0 Å². The average Bonchev–Trinajstić information content (AvgIpc) is 3.59. The van der Waals surface area contributed by atoms with Crippen LogP contribution in [0.1, 0.15) is 38.5 Å². The van der Waals surface area contributed by atoms with Gasteiger partial charge in [-0.25, -0.2) is 8.42 Å². The number of rotatable bonds is 8. The van der Waals surface area contributed by atoms with E-state index in [4.69, 9.17) is 11.6 Å². The van der Waals surface area contributed by atoms with Crippen molar-refractivity contribution in [3.8, 4) is 11.3 Å². The molecule has 1 N–H and O–H groups in total. The summed E-state index contributed by atoms with van der Waals surface area (Å²) in [4.78, 5) is 36.5. The first-order valence-corrected chi connectivity index (χ1v) is 15.2. The van der Waals surface area contributed by atoms with E-state index in [-0.39, 0.29) is 29.3 Å². The molecule has 5 rings (SSSR count). The van der Waals surface area contributed by atoms with E-state index in [0.717, 1.165) is 38.0 Å². The number of piperidine rings is 1. The van der Waals surface area contributed by atoms with Gasteiger partial charge in [-0.2, -0.15) is 4.72 Å². The zero-order chi connectivity index (χ0) is 26.7. The van der Waals surface area contributed by atoms with E-state index in [1.54, 1.807) is 24.3 Å². The van der Waals surface area contributed by atoms with E-state index in [2.05, 4.69) is 14.6 Å². The van der Waals surface area contributed by atoms with Crippen LogP contribution in [0.4, 0.5) is 0 Å². The average molecular weight is 560 g/mol. The number of hydrogen-bond acceptors (Lipinski definition) is 6. The van der Waals surface area contributed by atoms with Crippen molar-refractivity contribution in [1.82, 2.24) is 24.4 Å². The second-order valence-corrected chi connectivity index (χ2v) is 12.5. The fraction of sp³-hybridized carbons (Fsp3) is 0.519. The number of halogens is 1. The lowest BCUT2D eigenvalue weighted by atomic mass is 10.1. The number of benzene rings is 1. The van der Waals surface area contributed by atoms with Crippen LogP contribution in [0.15, 0.2) is 47.5 Å². The van der Waals surface area contributed by atoms with E-state index >= 15 is 0 Å². The summed E-state index contributed by atoms with van der Waals surface area (Å²) in [6.07, 6.45) is 6.67. The van der Waals surface area contributed by atoms with Crippen molar-refractivity contribution in [2.45, 2.75) is 55.5 Å². The van der Waals surface area contributed by atoms with Gasteiger partial charge in [0, 0.05) is 42.5 Å². The van der Waals surface area contributed by atoms with E-state index in [1.807, 2.05) is 11.0 Å². The van der Waals surface area contributed by atoms with E-state index in [0.29, 0.717) is 36.6 Å². The zero-order valence-corrected chi connectivity index (χ0v) is 23.0. The molecule has 0 spiro atoms. The molecule has 2 amide bonds. The minimum atomic E-state index is -3.98. The Balaban J connectivity index is 1.20. The number of amides is 2. The summed E-state index contributed by atoms with van der Waals surface area (Å²) in [7, 11) is -3.98. The van der Waals surface area contributed by atoms with Gasteiger partial charge in [-0.3, -0.25) is 14.6 Å². The molecule has 0 saturated carbocycles. The molecule has 0 aliphatic carbocycles. The fourth-order valence-corrected chi connectivity index (χ4v) is 7.05. The maximum absolute atomic E-state index is 13.2. The van der Waals surface area contributed by atoms with Crippen molar-refractivity contribution in [3.63, 3.8) is 0 Å². The summed E-state index contributed by atoms with van der Waals surface area (Å²) >= 11 is 6.05. The summed E-state index contributed by atoms with van der Waals surface area (Å²) < 4.78 is 28.7. The number of pyridine rings is 1. The normalized spacial score (nSPS) is 22.8. The molecule has 3 saturated heterocycles. The maximum atomic E-state index is 13.2. The molecule has 2 atom stereocenters. The van der Waals surface area contributed by atoms with Crippen molar-refractivity contribution in [2.75, 3.05) is 39.3 Å². The van der Waals surface area contributed by atoms with Crippen LogP contribution in [-0.2, 0) is 19.6 Å². The van der Waals surface area contributed by atoms with Gasteiger partial charge in [0.05, 0.1) is 12.2 Å². The van der Waals surface area contributed by atoms with Crippen LogP contribution in [0.25, 0.3) is 11.3 Å². The Bertz CT molecular complexity index is 1270. The lowest BCUT2D eigenvalue weighted by Crippen LogP contribution is -2.55. The molecule has 3 aliphatic rings. The van der Waals surface area contributed by atoms with E-state index in [9.17, 15) is 18.0 Å². The molecule has 11 heteroatoms. The number of sulfonamides is 1. The van der Waals surface area contributed by atoms with Gasteiger partial charge in [-0.15, -0.1) is 0 Å². The van der Waals surface area contributed by atoms with Crippen LogP contribution in [-0.4, -0.2) is 91.3 Å². The first-order valence-electron chi connectivity index (χ1n) is 13.3. The van der Waals surface area contributed by atoms with Crippen molar-refractivity contribution in [3.05, 3.63) is 47.6 Å². The summed E-state index contributed by atoms with van der Waals surface area (Å²) in [6, 6.07) is 9.51. The van der Waals surface area contributed by atoms with Crippen molar-refractivity contribution < 1.29 is 18.0 Å². The second-order valence-electron chi connectivity index (χ2n) is 10.4. The third kappa shape index (κ3) is 6.20. The molecule has 38 heavy (non-hydrogen) atoms. The van der Waals surface area contributed by atoms with Crippen molar-refractivity contribution >= 4 is 33.4 Å². The highest BCUT2D eigenvalue weighted by Gasteiger charge is 2.36. The molecule has 2 aromatic rings. The Hall–Kier alpha value is -2.53. The molecular weight excluding hydrogens is 526 g/mol. The van der Waals surface area contributed by atoms with Crippen LogP contribution in [0, 0.1) is 0 Å². The molecule has 3 aliphatic heterocycles.